The minimum atomic E-state index is -0.582. The molecule has 0 fully saturated rings. The van der Waals surface area contributed by atoms with Crippen LogP contribution in [0.5, 0.6) is 0 Å². The lowest BCUT2D eigenvalue weighted by molar-refractivity contribution is -0.384. The number of aromatic amines is 1. The molecule has 0 bridgehead atoms. The molecule has 0 spiro atoms. The Morgan fingerprint density at radius 2 is 2.07 bits per heavy atom. The van der Waals surface area contributed by atoms with Gasteiger partial charge in [0.05, 0.1) is 22.4 Å². The summed E-state index contributed by atoms with van der Waals surface area (Å²) in [7, 11) is 0. The van der Waals surface area contributed by atoms with Crippen molar-refractivity contribution in [1.82, 2.24) is 14.9 Å². The second-order valence-electron chi connectivity index (χ2n) is 6.18. The van der Waals surface area contributed by atoms with Gasteiger partial charge in [-0.1, -0.05) is 29.8 Å². The maximum atomic E-state index is 12.5. The molecule has 8 nitrogen and oxygen atoms in total. The zero-order valence-electron chi connectivity index (χ0n) is 15.5. The molecule has 2 aromatic carbocycles. The van der Waals surface area contributed by atoms with Crippen molar-refractivity contribution < 1.29 is 9.72 Å². The van der Waals surface area contributed by atoms with Crippen molar-refractivity contribution in [1.29, 1.82) is 0 Å². The molecule has 3 aromatic rings. The summed E-state index contributed by atoms with van der Waals surface area (Å²) in [4.78, 5) is 43.7. The number of benzene rings is 2. The highest BCUT2D eigenvalue weighted by molar-refractivity contribution is 6.32. The summed E-state index contributed by atoms with van der Waals surface area (Å²) in [6, 6.07) is 11.2. The highest BCUT2D eigenvalue weighted by Gasteiger charge is 2.14. The number of H-pyrrole nitrogens is 1. The van der Waals surface area contributed by atoms with Crippen LogP contribution in [0, 0.1) is 10.1 Å². The fourth-order valence-corrected chi connectivity index (χ4v) is 2.97. The standard InChI is InChI=1S/C20H17ClN4O4/c1-2-24(12-18-22-16-6-4-3-5-14(16)20(27)23-18)19(26)10-8-13-7-9-15(21)17(11-13)25(28)29/h3-11H,2,12H2,1H3,(H,22,23,27)/b10-8+. The Morgan fingerprint density at radius 1 is 1.31 bits per heavy atom. The summed E-state index contributed by atoms with van der Waals surface area (Å²) in [6.45, 7) is 2.32. The van der Waals surface area contributed by atoms with Crippen LogP contribution >= 0.6 is 11.6 Å². The van der Waals surface area contributed by atoms with Crippen molar-refractivity contribution in [2.45, 2.75) is 13.5 Å². The van der Waals surface area contributed by atoms with Gasteiger partial charge in [-0.05, 0) is 36.8 Å². The Balaban J connectivity index is 1.79. The molecule has 1 N–H and O–H groups in total. The van der Waals surface area contributed by atoms with Crippen LogP contribution in [-0.2, 0) is 11.3 Å². The van der Waals surface area contributed by atoms with E-state index in [2.05, 4.69) is 9.97 Å². The summed E-state index contributed by atoms with van der Waals surface area (Å²) in [5, 5.41) is 11.5. The van der Waals surface area contributed by atoms with E-state index in [4.69, 9.17) is 11.6 Å². The van der Waals surface area contributed by atoms with Gasteiger partial charge < -0.3 is 9.88 Å². The Morgan fingerprint density at radius 3 is 2.79 bits per heavy atom. The molecule has 3 rings (SSSR count). The van der Waals surface area contributed by atoms with E-state index in [1.54, 1.807) is 37.3 Å². The van der Waals surface area contributed by atoms with E-state index in [9.17, 15) is 19.7 Å². The van der Waals surface area contributed by atoms with Gasteiger partial charge in [-0.25, -0.2) is 4.98 Å². The summed E-state index contributed by atoms with van der Waals surface area (Å²) in [5.41, 5.74) is 0.533. The first-order valence-electron chi connectivity index (χ1n) is 8.78. The average molecular weight is 413 g/mol. The number of nitrogens with one attached hydrogen (secondary N) is 1. The van der Waals surface area contributed by atoms with Gasteiger partial charge in [-0.15, -0.1) is 0 Å². The van der Waals surface area contributed by atoms with Crippen molar-refractivity contribution >= 4 is 40.2 Å². The first-order valence-corrected chi connectivity index (χ1v) is 9.15. The Labute approximate surface area is 170 Å². The Bertz CT molecular complexity index is 1170. The number of hydrogen-bond donors (Lipinski definition) is 1. The molecule has 1 heterocycles. The largest absolute Gasteiger partial charge is 0.332 e. The summed E-state index contributed by atoms with van der Waals surface area (Å²) < 4.78 is 0. The summed E-state index contributed by atoms with van der Waals surface area (Å²) in [6.07, 6.45) is 2.79. The minimum absolute atomic E-state index is 0.0278. The molecule has 0 radical (unpaired) electrons. The molecule has 1 amide bonds. The van der Waals surface area contributed by atoms with Crippen LogP contribution in [0.2, 0.25) is 5.02 Å². The number of aromatic nitrogens is 2. The fourth-order valence-electron chi connectivity index (χ4n) is 2.78. The smallest absolute Gasteiger partial charge is 0.288 e. The second-order valence-corrected chi connectivity index (χ2v) is 6.59. The molecule has 9 heteroatoms. The number of fused-ring (bicyclic) bond motifs is 1. The fraction of sp³-hybridized carbons (Fsp3) is 0.150. The van der Waals surface area contributed by atoms with Crippen molar-refractivity contribution in [3.63, 3.8) is 0 Å². The molecule has 148 valence electrons. The van der Waals surface area contributed by atoms with Gasteiger partial charge in [0.2, 0.25) is 5.91 Å². The van der Waals surface area contributed by atoms with E-state index in [1.807, 2.05) is 0 Å². The predicted octanol–water partition coefficient (Wildman–Crippen LogP) is 3.55. The van der Waals surface area contributed by atoms with Crippen molar-refractivity contribution in [2.24, 2.45) is 0 Å². The second kappa shape index (κ2) is 8.66. The molecule has 0 atom stereocenters. The number of para-hydroxylation sites is 1. The number of nitrogens with zero attached hydrogens (tertiary/aromatic N) is 3. The van der Waals surface area contributed by atoms with Gasteiger partial charge in [0.15, 0.2) is 0 Å². The first-order chi connectivity index (χ1) is 13.9. The maximum Gasteiger partial charge on any atom is 0.288 e. The number of rotatable bonds is 6. The minimum Gasteiger partial charge on any atom is -0.332 e. The highest BCUT2D eigenvalue weighted by atomic mass is 35.5. The molecular formula is C20H17ClN4O4. The van der Waals surface area contributed by atoms with Crippen molar-refractivity contribution in [3.05, 3.63) is 85.4 Å². The van der Waals surface area contributed by atoms with E-state index in [0.29, 0.717) is 28.8 Å². The number of likely N-dealkylation sites (N-methyl/N-ethyl adjacent to an activating group) is 1. The molecule has 1 aromatic heterocycles. The topological polar surface area (TPSA) is 109 Å². The first kappa shape index (κ1) is 20.2. The third kappa shape index (κ3) is 4.67. The number of hydrogen-bond acceptors (Lipinski definition) is 5. The van der Waals surface area contributed by atoms with Crippen LogP contribution in [0.4, 0.5) is 5.69 Å². The van der Waals surface area contributed by atoms with Gasteiger partial charge in [0.25, 0.3) is 11.2 Å². The quantitative estimate of drug-likeness (QED) is 0.378. The molecule has 0 aliphatic heterocycles. The average Bonchev–Trinajstić information content (AvgIpc) is 2.71. The number of carbonyl (C=O) groups is 1. The lowest BCUT2D eigenvalue weighted by atomic mass is 10.2. The van der Waals surface area contributed by atoms with Gasteiger partial charge in [-0.3, -0.25) is 19.7 Å². The zero-order chi connectivity index (χ0) is 21.0. The van der Waals surface area contributed by atoms with E-state index < -0.39 is 4.92 Å². The molecule has 0 aliphatic rings. The molecule has 0 saturated carbocycles. The number of halogens is 1. The lowest BCUT2D eigenvalue weighted by Gasteiger charge is -2.18. The number of amides is 1. The Kier molecular flexibility index (Phi) is 6.04. The SMILES string of the molecule is CCN(Cc1nc2ccccc2c(=O)[nH]1)C(=O)/C=C/c1ccc(Cl)c([N+](=O)[O-])c1. The highest BCUT2D eigenvalue weighted by Crippen LogP contribution is 2.25. The molecule has 29 heavy (non-hydrogen) atoms. The van der Waals surface area contributed by atoms with Crippen molar-refractivity contribution in [3.8, 4) is 0 Å². The summed E-state index contributed by atoms with van der Waals surface area (Å²) in [5.74, 6) is 0.0559. The zero-order valence-corrected chi connectivity index (χ0v) is 16.2. The van der Waals surface area contributed by atoms with E-state index in [-0.39, 0.29) is 28.7 Å². The maximum absolute atomic E-state index is 12.5. The van der Waals surface area contributed by atoms with Crippen LogP contribution in [0.25, 0.3) is 17.0 Å². The predicted molar refractivity (Wildman–Crippen MR) is 111 cm³/mol. The monoisotopic (exact) mass is 412 g/mol. The van der Waals surface area contributed by atoms with Crippen LogP contribution < -0.4 is 5.56 Å². The third-order valence-corrected chi connectivity index (χ3v) is 4.60. The third-order valence-electron chi connectivity index (χ3n) is 4.28. The normalized spacial score (nSPS) is 11.1. The number of carbonyl (C=O) groups excluding carboxylic acids is 1. The molecule has 0 saturated heterocycles. The van der Waals surface area contributed by atoms with Crippen LogP contribution in [0.3, 0.4) is 0 Å². The van der Waals surface area contributed by atoms with E-state index in [1.165, 1.54) is 29.2 Å². The Hall–Kier alpha value is -3.52. The lowest BCUT2D eigenvalue weighted by Crippen LogP contribution is -2.30. The van der Waals surface area contributed by atoms with Gasteiger partial charge >= 0.3 is 0 Å². The van der Waals surface area contributed by atoms with E-state index >= 15 is 0 Å². The molecular weight excluding hydrogens is 396 g/mol. The van der Waals surface area contributed by atoms with Crippen LogP contribution in [0.1, 0.15) is 18.3 Å². The van der Waals surface area contributed by atoms with Crippen LogP contribution in [0.15, 0.2) is 53.3 Å². The van der Waals surface area contributed by atoms with Gasteiger partial charge in [-0.2, -0.15) is 0 Å². The molecule has 0 unspecified atom stereocenters. The number of nitro groups is 1. The van der Waals surface area contributed by atoms with Gasteiger partial charge in [0.1, 0.15) is 10.8 Å². The molecule has 0 aliphatic carbocycles. The van der Waals surface area contributed by atoms with Gasteiger partial charge in [0, 0.05) is 18.7 Å². The van der Waals surface area contributed by atoms with Crippen molar-refractivity contribution in [2.75, 3.05) is 6.54 Å². The van der Waals surface area contributed by atoms with E-state index in [0.717, 1.165) is 0 Å². The van der Waals surface area contributed by atoms with Crippen LogP contribution in [-0.4, -0.2) is 32.2 Å². The number of nitro benzene ring substituents is 1. The summed E-state index contributed by atoms with van der Waals surface area (Å²) >= 11 is 5.79.